The topological polar surface area (TPSA) is 75.6 Å². The van der Waals surface area contributed by atoms with E-state index >= 15 is 0 Å². The van der Waals surface area contributed by atoms with Crippen molar-refractivity contribution in [2.45, 2.75) is 19.8 Å². The molecule has 0 spiro atoms. The fourth-order valence-corrected chi connectivity index (χ4v) is 3.67. The van der Waals surface area contributed by atoms with Crippen molar-refractivity contribution in [3.8, 4) is 0 Å². The van der Waals surface area contributed by atoms with Gasteiger partial charge in [0, 0.05) is 15.4 Å². The lowest BCUT2D eigenvalue weighted by atomic mass is 9.99. The highest BCUT2D eigenvalue weighted by molar-refractivity contribution is 9.10. The fraction of sp³-hybridized carbons (Fsp3) is 0.444. The number of piperidine rings is 1. The number of esters is 1. The number of halogens is 1. The van der Waals surface area contributed by atoms with Gasteiger partial charge in [-0.25, -0.2) is 4.79 Å². The van der Waals surface area contributed by atoms with Crippen LogP contribution in [0.4, 0.5) is 5.69 Å². The molecule has 1 aromatic heterocycles. The van der Waals surface area contributed by atoms with Gasteiger partial charge in [-0.3, -0.25) is 4.79 Å². The largest absolute Gasteiger partial charge is 0.464 e. The molecule has 3 rings (SSSR count). The summed E-state index contributed by atoms with van der Waals surface area (Å²) in [5.41, 5.74) is 1.53. The Bertz CT molecular complexity index is 794. The highest BCUT2D eigenvalue weighted by atomic mass is 79.9. The molecule has 134 valence electrons. The first kappa shape index (κ1) is 17.9. The van der Waals surface area contributed by atoms with Crippen LogP contribution in [0, 0.1) is 5.92 Å². The number of H-pyrrole nitrogens is 1. The lowest BCUT2D eigenvalue weighted by Gasteiger charge is -2.26. The number of anilines is 1. The van der Waals surface area contributed by atoms with Gasteiger partial charge >= 0.3 is 5.97 Å². The van der Waals surface area contributed by atoms with Crippen LogP contribution >= 0.6 is 15.9 Å². The van der Waals surface area contributed by atoms with E-state index in [1.807, 2.05) is 18.2 Å². The SMILES string of the molecule is COC(=O)c1[nH]c2ccc(Br)cc2c1NC(=O)C[NH+]1CCC(C)CC1. The van der Waals surface area contributed by atoms with E-state index in [-0.39, 0.29) is 11.6 Å². The third-order valence-corrected chi connectivity index (χ3v) is 5.30. The first-order valence-corrected chi connectivity index (χ1v) is 9.30. The van der Waals surface area contributed by atoms with Crippen LogP contribution in [-0.2, 0) is 9.53 Å². The quantitative estimate of drug-likeness (QED) is 0.676. The van der Waals surface area contributed by atoms with Crippen molar-refractivity contribution >= 4 is 44.4 Å². The lowest BCUT2D eigenvalue weighted by molar-refractivity contribution is -0.897. The first-order valence-electron chi connectivity index (χ1n) is 8.51. The summed E-state index contributed by atoms with van der Waals surface area (Å²) in [5, 5.41) is 3.70. The number of aromatic amines is 1. The Morgan fingerprint density at radius 2 is 2.08 bits per heavy atom. The molecular weight excluding hydrogens is 386 g/mol. The average Bonchev–Trinajstić information content (AvgIpc) is 2.94. The molecule has 0 saturated carbocycles. The second-order valence-electron chi connectivity index (χ2n) is 6.71. The number of amides is 1. The number of fused-ring (bicyclic) bond motifs is 1. The number of rotatable bonds is 4. The minimum absolute atomic E-state index is 0.0874. The van der Waals surface area contributed by atoms with E-state index in [2.05, 4.69) is 33.2 Å². The minimum Gasteiger partial charge on any atom is -0.464 e. The molecule has 2 aromatic rings. The van der Waals surface area contributed by atoms with Crippen LogP contribution in [0.25, 0.3) is 10.9 Å². The van der Waals surface area contributed by atoms with Crippen molar-refractivity contribution in [1.82, 2.24) is 4.98 Å². The molecule has 3 N–H and O–H groups in total. The van der Waals surface area contributed by atoms with Crippen molar-refractivity contribution in [2.75, 3.05) is 32.1 Å². The summed E-state index contributed by atoms with van der Waals surface area (Å²) in [7, 11) is 1.33. The van der Waals surface area contributed by atoms with Crippen molar-refractivity contribution in [3.05, 3.63) is 28.4 Å². The summed E-state index contributed by atoms with van der Waals surface area (Å²) in [6.45, 7) is 4.69. The van der Waals surface area contributed by atoms with E-state index in [4.69, 9.17) is 4.74 Å². The predicted molar refractivity (Wildman–Crippen MR) is 99.9 cm³/mol. The number of methoxy groups -OCH3 is 1. The van der Waals surface area contributed by atoms with Crippen LogP contribution in [0.15, 0.2) is 22.7 Å². The molecule has 2 heterocycles. The van der Waals surface area contributed by atoms with Gasteiger partial charge in [0.1, 0.15) is 5.69 Å². The van der Waals surface area contributed by atoms with Crippen molar-refractivity contribution in [1.29, 1.82) is 0 Å². The molecule has 0 aliphatic carbocycles. The Morgan fingerprint density at radius 1 is 1.36 bits per heavy atom. The number of aromatic nitrogens is 1. The summed E-state index contributed by atoms with van der Waals surface area (Å²) < 4.78 is 5.72. The second-order valence-corrected chi connectivity index (χ2v) is 7.63. The van der Waals surface area contributed by atoms with E-state index in [0.717, 1.165) is 47.2 Å². The van der Waals surface area contributed by atoms with Gasteiger partial charge in [-0.1, -0.05) is 22.9 Å². The van der Waals surface area contributed by atoms with Crippen molar-refractivity contribution in [2.24, 2.45) is 5.92 Å². The number of benzene rings is 1. The van der Waals surface area contributed by atoms with Crippen LogP contribution < -0.4 is 10.2 Å². The number of hydrogen-bond acceptors (Lipinski definition) is 3. The minimum atomic E-state index is -0.498. The molecular formula is C18H23BrN3O3+. The summed E-state index contributed by atoms with van der Waals surface area (Å²) in [5.74, 6) is 0.154. The van der Waals surface area contributed by atoms with E-state index in [1.165, 1.54) is 12.0 Å². The summed E-state index contributed by atoms with van der Waals surface area (Å²) in [4.78, 5) is 28.9. The number of carbonyl (C=O) groups is 2. The van der Waals surface area contributed by atoms with E-state index in [1.54, 1.807) is 0 Å². The van der Waals surface area contributed by atoms with Gasteiger partial charge in [-0.05, 0) is 37.0 Å². The number of hydrogen-bond donors (Lipinski definition) is 3. The van der Waals surface area contributed by atoms with Crippen LogP contribution in [0.1, 0.15) is 30.3 Å². The number of carbonyl (C=O) groups excluding carboxylic acids is 2. The van der Waals surface area contributed by atoms with E-state index in [0.29, 0.717) is 12.2 Å². The Hall–Kier alpha value is -1.86. The molecule has 7 heteroatoms. The standard InChI is InChI=1S/C18H22BrN3O3/c1-11-5-7-22(8-6-11)10-15(23)21-16-13-9-12(19)3-4-14(13)20-17(16)18(24)25-2/h3-4,9,11,20H,5-8,10H2,1-2H3,(H,21,23)/p+1. The predicted octanol–water partition coefficient (Wildman–Crippen LogP) is 1.97. The zero-order valence-electron chi connectivity index (χ0n) is 14.4. The molecule has 0 unspecified atom stereocenters. The highest BCUT2D eigenvalue weighted by Gasteiger charge is 2.24. The number of nitrogens with one attached hydrogen (secondary N) is 3. The third-order valence-electron chi connectivity index (χ3n) is 4.81. The summed E-state index contributed by atoms with van der Waals surface area (Å²) in [6, 6.07) is 5.62. The van der Waals surface area contributed by atoms with Crippen LogP contribution in [0.3, 0.4) is 0 Å². The molecule has 1 amide bonds. The monoisotopic (exact) mass is 408 g/mol. The molecule has 0 radical (unpaired) electrons. The first-order chi connectivity index (χ1) is 12.0. The van der Waals surface area contributed by atoms with Gasteiger partial charge < -0.3 is 19.9 Å². The number of quaternary nitrogens is 1. The van der Waals surface area contributed by atoms with Crippen LogP contribution in [0.5, 0.6) is 0 Å². The van der Waals surface area contributed by atoms with Gasteiger partial charge in [-0.15, -0.1) is 0 Å². The molecule has 1 aliphatic heterocycles. The Kier molecular flexibility index (Phi) is 5.44. The van der Waals surface area contributed by atoms with Crippen molar-refractivity contribution < 1.29 is 19.2 Å². The van der Waals surface area contributed by atoms with Gasteiger partial charge in [0.05, 0.1) is 25.9 Å². The molecule has 0 atom stereocenters. The zero-order chi connectivity index (χ0) is 18.0. The van der Waals surface area contributed by atoms with Crippen LogP contribution in [-0.4, -0.2) is 43.6 Å². The summed E-state index contributed by atoms with van der Waals surface area (Å²) >= 11 is 3.43. The van der Waals surface area contributed by atoms with Crippen LogP contribution in [0.2, 0.25) is 0 Å². The highest BCUT2D eigenvalue weighted by Crippen LogP contribution is 2.30. The number of likely N-dealkylation sites (tertiary alicyclic amines) is 1. The van der Waals surface area contributed by atoms with Gasteiger partial charge in [0.25, 0.3) is 5.91 Å². The normalized spacial score (nSPS) is 20.4. The molecule has 25 heavy (non-hydrogen) atoms. The van der Waals surface area contributed by atoms with E-state index < -0.39 is 5.97 Å². The maximum atomic E-state index is 12.5. The lowest BCUT2D eigenvalue weighted by Crippen LogP contribution is -3.14. The van der Waals surface area contributed by atoms with Gasteiger partial charge in [0.2, 0.25) is 0 Å². The number of ether oxygens (including phenoxy) is 1. The Morgan fingerprint density at radius 3 is 2.76 bits per heavy atom. The molecule has 1 aliphatic rings. The summed E-state index contributed by atoms with van der Waals surface area (Å²) in [6.07, 6.45) is 2.30. The average molecular weight is 409 g/mol. The molecule has 1 aromatic carbocycles. The van der Waals surface area contributed by atoms with Gasteiger partial charge in [-0.2, -0.15) is 0 Å². The Balaban J connectivity index is 1.82. The molecule has 6 nitrogen and oxygen atoms in total. The van der Waals surface area contributed by atoms with Crippen molar-refractivity contribution in [3.63, 3.8) is 0 Å². The van der Waals surface area contributed by atoms with E-state index in [9.17, 15) is 9.59 Å². The maximum absolute atomic E-state index is 12.5. The third kappa shape index (κ3) is 4.04. The van der Waals surface area contributed by atoms with Gasteiger partial charge in [0.15, 0.2) is 6.54 Å². The molecule has 1 saturated heterocycles. The second kappa shape index (κ2) is 7.58. The zero-order valence-corrected chi connectivity index (χ0v) is 16.0. The molecule has 0 bridgehead atoms. The Labute approximate surface area is 155 Å². The molecule has 1 fully saturated rings. The fourth-order valence-electron chi connectivity index (χ4n) is 3.31. The smallest absolute Gasteiger partial charge is 0.356 e. The maximum Gasteiger partial charge on any atom is 0.356 e.